The van der Waals surface area contributed by atoms with Gasteiger partial charge in [0.05, 0.1) is 13.2 Å². The summed E-state index contributed by atoms with van der Waals surface area (Å²) in [5.41, 5.74) is 1.51. The summed E-state index contributed by atoms with van der Waals surface area (Å²) < 4.78 is 29.4. The number of hydrogen-bond acceptors (Lipinski definition) is 6. The standard InChI is InChI=1S/C11H15N5O3S/c1-8-3-4-9(7-13-8)10-14-15-11(20(12,17)18)16(10)5-6-19-2/h3-4,7H,5-6H2,1-2H3,(H2,12,17,18). The third kappa shape index (κ3) is 3.00. The van der Waals surface area contributed by atoms with E-state index in [1.807, 2.05) is 6.92 Å². The SMILES string of the molecule is COCCn1c(-c2ccc(C)nc2)nnc1S(N)(=O)=O. The van der Waals surface area contributed by atoms with Gasteiger partial charge < -0.3 is 4.74 Å². The van der Waals surface area contributed by atoms with E-state index in [-0.39, 0.29) is 11.7 Å². The molecule has 0 saturated heterocycles. The Morgan fingerprint density at radius 2 is 2.10 bits per heavy atom. The van der Waals surface area contributed by atoms with Gasteiger partial charge in [0.2, 0.25) is 0 Å². The first-order valence-electron chi connectivity index (χ1n) is 5.81. The lowest BCUT2D eigenvalue weighted by molar-refractivity contribution is 0.185. The fourth-order valence-electron chi connectivity index (χ4n) is 1.70. The minimum Gasteiger partial charge on any atom is -0.383 e. The van der Waals surface area contributed by atoms with Crippen molar-refractivity contribution in [2.24, 2.45) is 5.14 Å². The second-order valence-electron chi connectivity index (χ2n) is 4.18. The number of rotatable bonds is 5. The quantitative estimate of drug-likeness (QED) is 0.827. The number of pyridine rings is 1. The molecule has 0 saturated carbocycles. The number of methoxy groups -OCH3 is 1. The lowest BCUT2D eigenvalue weighted by Crippen LogP contribution is -2.20. The monoisotopic (exact) mass is 297 g/mol. The molecule has 108 valence electrons. The van der Waals surface area contributed by atoms with Gasteiger partial charge in [-0.05, 0) is 19.1 Å². The molecule has 0 aromatic carbocycles. The number of nitrogens with zero attached hydrogens (tertiary/aromatic N) is 4. The first-order chi connectivity index (χ1) is 9.43. The summed E-state index contributed by atoms with van der Waals surface area (Å²) in [5.74, 6) is 0.388. The number of primary sulfonamides is 1. The second kappa shape index (κ2) is 5.65. The molecule has 2 aromatic heterocycles. The van der Waals surface area contributed by atoms with Gasteiger partial charge in [-0.3, -0.25) is 9.55 Å². The maximum absolute atomic E-state index is 11.5. The van der Waals surface area contributed by atoms with Crippen LogP contribution in [0.1, 0.15) is 5.69 Å². The molecule has 20 heavy (non-hydrogen) atoms. The summed E-state index contributed by atoms with van der Waals surface area (Å²) in [6.07, 6.45) is 1.61. The van der Waals surface area contributed by atoms with Crippen LogP contribution in [-0.2, 0) is 21.3 Å². The van der Waals surface area contributed by atoms with Crippen LogP contribution in [0.25, 0.3) is 11.4 Å². The molecule has 0 fully saturated rings. The summed E-state index contributed by atoms with van der Waals surface area (Å²) >= 11 is 0. The zero-order valence-corrected chi connectivity index (χ0v) is 12.0. The third-order valence-corrected chi connectivity index (χ3v) is 3.47. The molecule has 0 radical (unpaired) electrons. The highest BCUT2D eigenvalue weighted by molar-refractivity contribution is 7.89. The lowest BCUT2D eigenvalue weighted by Gasteiger charge is -2.08. The average Bonchev–Trinajstić information content (AvgIpc) is 2.81. The lowest BCUT2D eigenvalue weighted by atomic mass is 10.2. The van der Waals surface area contributed by atoms with E-state index in [2.05, 4.69) is 15.2 Å². The van der Waals surface area contributed by atoms with E-state index in [1.165, 1.54) is 11.7 Å². The maximum Gasteiger partial charge on any atom is 0.273 e. The highest BCUT2D eigenvalue weighted by atomic mass is 32.2. The fraction of sp³-hybridized carbons (Fsp3) is 0.364. The summed E-state index contributed by atoms with van der Waals surface area (Å²) in [6.45, 7) is 2.44. The van der Waals surface area contributed by atoms with Crippen molar-refractivity contribution in [1.29, 1.82) is 0 Å². The van der Waals surface area contributed by atoms with Crippen LogP contribution in [0.15, 0.2) is 23.5 Å². The molecule has 0 bridgehead atoms. The van der Waals surface area contributed by atoms with Gasteiger partial charge in [0.1, 0.15) is 0 Å². The van der Waals surface area contributed by atoms with Gasteiger partial charge >= 0.3 is 0 Å². The van der Waals surface area contributed by atoms with Crippen LogP contribution in [0.3, 0.4) is 0 Å². The summed E-state index contributed by atoms with van der Waals surface area (Å²) in [7, 11) is -2.42. The molecule has 0 amide bonds. The van der Waals surface area contributed by atoms with E-state index in [0.29, 0.717) is 18.0 Å². The van der Waals surface area contributed by atoms with E-state index >= 15 is 0 Å². The van der Waals surface area contributed by atoms with Crippen LogP contribution in [0.4, 0.5) is 0 Å². The first-order valence-corrected chi connectivity index (χ1v) is 7.36. The van der Waals surface area contributed by atoms with Crippen molar-refractivity contribution in [3.8, 4) is 11.4 Å². The number of aromatic nitrogens is 4. The summed E-state index contributed by atoms with van der Waals surface area (Å²) in [6, 6.07) is 3.60. The maximum atomic E-state index is 11.5. The summed E-state index contributed by atoms with van der Waals surface area (Å²) in [5, 5.41) is 12.4. The molecular weight excluding hydrogens is 282 g/mol. The first kappa shape index (κ1) is 14.6. The smallest absolute Gasteiger partial charge is 0.273 e. The van der Waals surface area contributed by atoms with E-state index in [9.17, 15) is 8.42 Å². The van der Waals surface area contributed by atoms with Crippen molar-refractivity contribution >= 4 is 10.0 Å². The predicted octanol–water partition coefficient (Wildman–Crippen LogP) is -0.0577. The molecule has 0 spiro atoms. The highest BCUT2D eigenvalue weighted by Gasteiger charge is 2.21. The number of sulfonamides is 1. The fourth-order valence-corrected chi connectivity index (χ4v) is 2.34. The summed E-state index contributed by atoms with van der Waals surface area (Å²) in [4.78, 5) is 4.16. The minimum absolute atomic E-state index is 0.276. The molecule has 0 atom stereocenters. The van der Waals surface area contributed by atoms with Gasteiger partial charge in [0.25, 0.3) is 15.2 Å². The van der Waals surface area contributed by atoms with Crippen LogP contribution >= 0.6 is 0 Å². The van der Waals surface area contributed by atoms with Gasteiger partial charge in [-0.25, -0.2) is 13.6 Å². The molecule has 2 aromatic rings. The highest BCUT2D eigenvalue weighted by Crippen LogP contribution is 2.19. The van der Waals surface area contributed by atoms with Gasteiger partial charge in [0, 0.05) is 24.6 Å². The Labute approximate surface area is 116 Å². The number of ether oxygens (including phenoxy) is 1. The van der Waals surface area contributed by atoms with Crippen molar-refractivity contribution in [1.82, 2.24) is 19.7 Å². The van der Waals surface area contributed by atoms with Crippen LogP contribution in [0.5, 0.6) is 0 Å². The molecule has 9 heteroatoms. The predicted molar refractivity (Wildman–Crippen MR) is 71.2 cm³/mol. The molecule has 0 aliphatic rings. The molecule has 8 nitrogen and oxygen atoms in total. The van der Waals surface area contributed by atoms with Crippen LogP contribution in [0.2, 0.25) is 0 Å². The van der Waals surface area contributed by atoms with Crippen LogP contribution in [0, 0.1) is 6.92 Å². The molecule has 2 rings (SSSR count). The Bertz CT molecular complexity index is 693. The topological polar surface area (TPSA) is 113 Å². The second-order valence-corrected chi connectivity index (χ2v) is 5.64. The van der Waals surface area contributed by atoms with Crippen molar-refractivity contribution in [2.75, 3.05) is 13.7 Å². The number of nitrogens with two attached hydrogens (primary N) is 1. The number of aryl methyl sites for hydroxylation is 1. The van der Waals surface area contributed by atoms with E-state index in [1.54, 1.807) is 18.3 Å². The van der Waals surface area contributed by atoms with Gasteiger partial charge in [-0.1, -0.05) is 0 Å². The molecule has 0 aliphatic carbocycles. The Hall–Kier alpha value is -1.84. The van der Waals surface area contributed by atoms with E-state index < -0.39 is 10.0 Å². The largest absolute Gasteiger partial charge is 0.383 e. The van der Waals surface area contributed by atoms with Crippen LogP contribution < -0.4 is 5.14 Å². The van der Waals surface area contributed by atoms with E-state index in [0.717, 1.165) is 5.69 Å². The van der Waals surface area contributed by atoms with Crippen molar-refractivity contribution in [3.63, 3.8) is 0 Å². The van der Waals surface area contributed by atoms with Gasteiger partial charge in [-0.15, -0.1) is 10.2 Å². The third-order valence-electron chi connectivity index (χ3n) is 2.66. The van der Waals surface area contributed by atoms with E-state index in [4.69, 9.17) is 9.88 Å². The van der Waals surface area contributed by atoms with Crippen molar-refractivity contribution in [3.05, 3.63) is 24.0 Å². The molecule has 0 aliphatic heterocycles. The Morgan fingerprint density at radius 3 is 2.65 bits per heavy atom. The normalized spacial score (nSPS) is 11.8. The Balaban J connectivity index is 2.53. The molecule has 2 heterocycles. The van der Waals surface area contributed by atoms with Crippen molar-refractivity contribution < 1.29 is 13.2 Å². The molecule has 2 N–H and O–H groups in total. The Morgan fingerprint density at radius 1 is 1.35 bits per heavy atom. The van der Waals surface area contributed by atoms with Crippen LogP contribution in [-0.4, -0.2) is 41.9 Å². The number of hydrogen-bond donors (Lipinski definition) is 1. The van der Waals surface area contributed by atoms with Gasteiger partial charge in [-0.2, -0.15) is 0 Å². The molecule has 0 unspecified atom stereocenters. The minimum atomic E-state index is -3.95. The Kier molecular flexibility index (Phi) is 4.12. The zero-order valence-electron chi connectivity index (χ0n) is 11.1. The van der Waals surface area contributed by atoms with Gasteiger partial charge in [0.15, 0.2) is 5.82 Å². The zero-order chi connectivity index (χ0) is 14.8. The average molecular weight is 297 g/mol. The molecular formula is C11H15N5O3S. The van der Waals surface area contributed by atoms with Crippen molar-refractivity contribution in [2.45, 2.75) is 18.6 Å².